The van der Waals surface area contributed by atoms with Crippen molar-refractivity contribution in [3.8, 4) is 11.3 Å². The lowest BCUT2D eigenvalue weighted by atomic mass is 10.1. The normalized spacial score (nSPS) is 13.4. The summed E-state index contributed by atoms with van der Waals surface area (Å²) >= 11 is 11.6. The molecule has 21 heavy (non-hydrogen) atoms. The fraction of sp³-hybridized carbons (Fsp3) is 0.250. The zero-order valence-corrected chi connectivity index (χ0v) is 11.8. The molecule has 114 valence electrons. The zero-order valence-electron chi connectivity index (χ0n) is 10.3. The highest BCUT2D eigenvalue weighted by atomic mass is 35.5. The van der Waals surface area contributed by atoms with Crippen LogP contribution in [-0.4, -0.2) is 26.9 Å². The van der Waals surface area contributed by atoms with Crippen LogP contribution in [0.15, 0.2) is 29.1 Å². The summed E-state index contributed by atoms with van der Waals surface area (Å²) in [6, 6.07) is 6.03. The van der Waals surface area contributed by atoms with E-state index >= 15 is 0 Å². The fourth-order valence-electron chi connectivity index (χ4n) is 1.78. The highest BCUT2D eigenvalue weighted by Gasteiger charge is 2.39. The van der Waals surface area contributed by atoms with E-state index in [9.17, 15) is 18.0 Å². The molecule has 1 unspecified atom stereocenters. The van der Waals surface area contributed by atoms with Crippen LogP contribution in [0.2, 0.25) is 10.2 Å². The van der Waals surface area contributed by atoms with Crippen LogP contribution in [0.3, 0.4) is 0 Å². The SMILES string of the molecule is O=c1[nH]c(Cl)c(-c2ccc(Cl)cc2)n1CC(O)C(F)(F)F. The molecule has 1 atom stereocenters. The number of imidazole rings is 1. The van der Waals surface area contributed by atoms with Gasteiger partial charge in [-0.3, -0.25) is 9.55 Å². The monoisotopic (exact) mass is 340 g/mol. The average molecular weight is 341 g/mol. The number of halogens is 5. The van der Waals surface area contributed by atoms with E-state index in [4.69, 9.17) is 28.3 Å². The molecule has 2 rings (SSSR count). The summed E-state index contributed by atoms with van der Waals surface area (Å²) < 4.78 is 38.0. The number of aliphatic hydroxyl groups is 1. The Hall–Kier alpha value is -1.44. The van der Waals surface area contributed by atoms with Crippen LogP contribution in [-0.2, 0) is 6.54 Å². The van der Waals surface area contributed by atoms with Crippen LogP contribution < -0.4 is 5.69 Å². The molecule has 0 aliphatic carbocycles. The standard InChI is InChI=1S/C12H9Cl2F3N2O2/c13-7-3-1-6(2-4-7)9-10(14)18-11(21)19(9)5-8(20)12(15,16)17/h1-4,8,20H,5H2,(H,18,21). The number of nitrogens with one attached hydrogen (secondary N) is 1. The predicted molar refractivity (Wildman–Crippen MR) is 72.6 cm³/mol. The molecule has 1 aromatic heterocycles. The van der Waals surface area contributed by atoms with Crippen molar-refractivity contribution in [1.29, 1.82) is 0 Å². The van der Waals surface area contributed by atoms with Gasteiger partial charge in [-0.05, 0) is 12.1 Å². The molecule has 0 radical (unpaired) electrons. The summed E-state index contributed by atoms with van der Waals surface area (Å²) in [6.45, 7) is -0.955. The van der Waals surface area contributed by atoms with Gasteiger partial charge in [-0.25, -0.2) is 4.79 Å². The van der Waals surface area contributed by atoms with Gasteiger partial charge >= 0.3 is 11.9 Å². The molecule has 0 saturated carbocycles. The smallest absolute Gasteiger partial charge is 0.382 e. The second kappa shape index (κ2) is 5.75. The number of aromatic nitrogens is 2. The van der Waals surface area contributed by atoms with Crippen LogP contribution in [0.4, 0.5) is 13.2 Å². The lowest BCUT2D eigenvalue weighted by molar-refractivity contribution is -0.207. The van der Waals surface area contributed by atoms with Crippen molar-refractivity contribution >= 4 is 23.2 Å². The molecule has 9 heteroatoms. The molecule has 0 aliphatic rings. The molecule has 0 saturated heterocycles. The minimum atomic E-state index is -4.83. The van der Waals surface area contributed by atoms with Crippen LogP contribution in [0.1, 0.15) is 0 Å². The summed E-state index contributed by atoms with van der Waals surface area (Å²) in [5.41, 5.74) is -0.382. The summed E-state index contributed by atoms with van der Waals surface area (Å²) in [5, 5.41) is 9.44. The van der Waals surface area contributed by atoms with Crippen LogP contribution in [0.5, 0.6) is 0 Å². The van der Waals surface area contributed by atoms with Gasteiger partial charge in [0.1, 0.15) is 5.15 Å². The molecular weight excluding hydrogens is 332 g/mol. The Labute approximate surface area is 126 Å². The zero-order chi connectivity index (χ0) is 15.8. The Morgan fingerprint density at radius 1 is 1.24 bits per heavy atom. The maximum Gasteiger partial charge on any atom is 0.416 e. The third kappa shape index (κ3) is 3.42. The first-order valence-electron chi connectivity index (χ1n) is 5.69. The molecule has 2 aromatic rings. The van der Waals surface area contributed by atoms with E-state index in [0.717, 1.165) is 4.57 Å². The van der Waals surface area contributed by atoms with Crippen molar-refractivity contribution < 1.29 is 18.3 Å². The lowest BCUT2D eigenvalue weighted by Gasteiger charge is -2.16. The van der Waals surface area contributed by atoms with E-state index in [-0.39, 0.29) is 10.8 Å². The molecule has 0 fully saturated rings. The van der Waals surface area contributed by atoms with E-state index in [1.54, 1.807) is 0 Å². The van der Waals surface area contributed by atoms with E-state index < -0.39 is 24.5 Å². The van der Waals surface area contributed by atoms with Gasteiger partial charge in [0.2, 0.25) is 0 Å². The van der Waals surface area contributed by atoms with Crippen LogP contribution >= 0.6 is 23.2 Å². The van der Waals surface area contributed by atoms with Crippen molar-refractivity contribution in [2.75, 3.05) is 0 Å². The second-order valence-electron chi connectivity index (χ2n) is 4.27. The number of hydrogen-bond acceptors (Lipinski definition) is 2. The molecule has 0 aliphatic heterocycles. The van der Waals surface area contributed by atoms with Crippen molar-refractivity contribution in [2.24, 2.45) is 0 Å². The van der Waals surface area contributed by atoms with Crippen molar-refractivity contribution in [1.82, 2.24) is 9.55 Å². The highest BCUT2D eigenvalue weighted by Crippen LogP contribution is 2.28. The predicted octanol–water partition coefficient (Wildman–Crippen LogP) is 3.07. The Morgan fingerprint density at radius 3 is 2.33 bits per heavy atom. The first kappa shape index (κ1) is 15.9. The molecule has 1 aromatic carbocycles. The Kier molecular flexibility index (Phi) is 4.36. The topological polar surface area (TPSA) is 58.0 Å². The number of hydrogen-bond donors (Lipinski definition) is 2. The van der Waals surface area contributed by atoms with Crippen LogP contribution in [0.25, 0.3) is 11.3 Å². The quantitative estimate of drug-likeness (QED) is 0.902. The van der Waals surface area contributed by atoms with Gasteiger partial charge < -0.3 is 5.11 Å². The van der Waals surface area contributed by atoms with Gasteiger partial charge in [-0.1, -0.05) is 35.3 Å². The highest BCUT2D eigenvalue weighted by molar-refractivity contribution is 6.32. The first-order chi connectivity index (χ1) is 9.70. The average Bonchev–Trinajstić information content (AvgIpc) is 2.64. The number of H-pyrrole nitrogens is 1. The van der Waals surface area contributed by atoms with E-state index in [1.807, 2.05) is 0 Å². The third-order valence-corrected chi connectivity index (χ3v) is 3.32. The van der Waals surface area contributed by atoms with Crippen molar-refractivity contribution in [3.63, 3.8) is 0 Å². The minimum Gasteiger partial charge on any atom is -0.382 e. The molecule has 0 amide bonds. The first-order valence-corrected chi connectivity index (χ1v) is 6.44. The Bertz CT molecular complexity index is 692. The summed E-state index contributed by atoms with van der Waals surface area (Å²) in [6.07, 6.45) is -7.51. The maximum atomic E-state index is 12.4. The molecule has 1 heterocycles. The molecule has 2 N–H and O–H groups in total. The summed E-state index contributed by atoms with van der Waals surface area (Å²) in [4.78, 5) is 13.9. The van der Waals surface area contributed by atoms with Gasteiger partial charge in [0.05, 0.1) is 12.2 Å². The van der Waals surface area contributed by atoms with E-state index in [2.05, 4.69) is 4.98 Å². The second-order valence-corrected chi connectivity index (χ2v) is 5.08. The number of rotatable bonds is 3. The molecule has 0 spiro atoms. The maximum absolute atomic E-state index is 12.4. The van der Waals surface area contributed by atoms with Gasteiger partial charge in [-0.2, -0.15) is 13.2 Å². The number of nitrogens with zero attached hydrogens (tertiary/aromatic N) is 1. The number of aromatic amines is 1. The van der Waals surface area contributed by atoms with Crippen molar-refractivity contribution in [3.05, 3.63) is 44.9 Å². The Morgan fingerprint density at radius 2 is 1.81 bits per heavy atom. The molecule has 4 nitrogen and oxygen atoms in total. The number of aliphatic hydroxyl groups excluding tert-OH is 1. The van der Waals surface area contributed by atoms with Gasteiger partial charge in [0.15, 0.2) is 6.10 Å². The fourth-order valence-corrected chi connectivity index (χ4v) is 2.20. The number of alkyl halides is 3. The minimum absolute atomic E-state index is 0.0571. The van der Waals surface area contributed by atoms with Gasteiger partial charge in [0.25, 0.3) is 0 Å². The molecule has 0 bridgehead atoms. The van der Waals surface area contributed by atoms with Gasteiger partial charge in [0, 0.05) is 10.6 Å². The molecular formula is C12H9Cl2F3N2O2. The largest absolute Gasteiger partial charge is 0.416 e. The van der Waals surface area contributed by atoms with E-state index in [1.165, 1.54) is 24.3 Å². The van der Waals surface area contributed by atoms with E-state index in [0.29, 0.717) is 10.6 Å². The Balaban J connectivity index is 2.47. The van der Waals surface area contributed by atoms with Gasteiger partial charge in [-0.15, -0.1) is 0 Å². The summed E-state index contributed by atoms with van der Waals surface area (Å²) in [5.74, 6) is 0. The number of benzene rings is 1. The van der Waals surface area contributed by atoms with Crippen molar-refractivity contribution in [2.45, 2.75) is 18.8 Å². The van der Waals surface area contributed by atoms with Crippen LogP contribution in [0, 0.1) is 0 Å². The summed E-state index contributed by atoms with van der Waals surface area (Å²) in [7, 11) is 0. The third-order valence-electron chi connectivity index (χ3n) is 2.79. The lowest BCUT2D eigenvalue weighted by Crippen LogP contribution is -2.36.